The SMILES string of the molecule is c1ccc(-p2occc3ccc4ccccc4c3o2)cc1. The molecule has 0 fully saturated rings. The van der Waals surface area contributed by atoms with Gasteiger partial charge >= 0.3 is 0 Å². The van der Waals surface area contributed by atoms with E-state index in [2.05, 4.69) is 24.3 Å². The number of fused-ring (bicyclic) bond motifs is 3. The van der Waals surface area contributed by atoms with Crippen LogP contribution < -0.4 is 0 Å². The van der Waals surface area contributed by atoms with E-state index in [-0.39, 0.29) is 0 Å². The fourth-order valence-corrected chi connectivity index (χ4v) is 3.65. The van der Waals surface area contributed by atoms with Crippen molar-refractivity contribution in [2.45, 2.75) is 0 Å². The fourth-order valence-electron chi connectivity index (χ4n) is 2.42. The molecular weight excluding hydrogens is 279 g/mol. The van der Waals surface area contributed by atoms with E-state index in [4.69, 9.17) is 8.39 Å². The number of hydrogen-bond acceptors (Lipinski definition) is 2. The molecule has 0 aliphatic rings. The Morgan fingerprint density at radius 1 is 0.667 bits per heavy atom. The summed E-state index contributed by atoms with van der Waals surface area (Å²) in [7, 11) is -1.14. The molecule has 3 heteroatoms. The number of hydrogen-bond donors (Lipinski definition) is 0. The summed E-state index contributed by atoms with van der Waals surface area (Å²) in [5.41, 5.74) is 0.900. The quantitative estimate of drug-likeness (QED) is 0.412. The van der Waals surface area contributed by atoms with Crippen LogP contribution in [0.3, 0.4) is 0 Å². The van der Waals surface area contributed by atoms with Gasteiger partial charge in [0.15, 0.2) is 0 Å². The Bertz CT molecular complexity index is 943. The van der Waals surface area contributed by atoms with Crippen molar-refractivity contribution in [1.82, 2.24) is 0 Å². The minimum Gasteiger partial charge on any atom is -0.424 e. The largest absolute Gasteiger partial charge is 0.424 e. The molecule has 0 spiro atoms. The first kappa shape index (κ1) is 12.3. The van der Waals surface area contributed by atoms with Gasteiger partial charge in [0, 0.05) is 10.8 Å². The van der Waals surface area contributed by atoms with E-state index >= 15 is 0 Å². The van der Waals surface area contributed by atoms with E-state index in [1.54, 1.807) is 6.26 Å². The van der Waals surface area contributed by atoms with Crippen LogP contribution in [0.2, 0.25) is 0 Å². The van der Waals surface area contributed by atoms with E-state index in [0.717, 1.165) is 21.7 Å². The van der Waals surface area contributed by atoms with Gasteiger partial charge in [-0.1, -0.05) is 54.6 Å². The van der Waals surface area contributed by atoms with Crippen molar-refractivity contribution < 1.29 is 8.39 Å². The van der Waals surface area contributed by atoms with Crippen molar-refractivity contribution in [3.8, 4) is 5.30 Å². The smallest absolute Gasteiger partial charge is 0.252 e. The average Bonchev–Trinajstić information content (AvgIpc) is 2.78. The van der Waals surface area contributed by atoms with Gasteiger partial charge in [0.1, 0.15) is 5.58 Å². The first-order valence-electron chi connectivity index (χ1n) is 6.80. The fraction of sp³-hybridized carbons (Fsp3) is 0. The van der Waals surface area contributed by atoms with E-state index < -0.39 is 8.01 Å². The first-order chi connectivity index (χ1) is 10.4. The minimum atomic E-state index is -1.14. The molecule has 0 saturated heterocycles. The van der Waals surface area contributed by atoms with E-state index in [9.17, 15) is 0 Å². The van der Waals surface area contributed by atoms with E-state index in [0.29, 0.717) is 0 Å². The normalized spacial score (nSPS) is 11.7. The topological polar surface area (TPSA) is 26.3 Å². The van der Waals surface area contributed by atoms with Gasteiger partial charge in [0.05, 0.1) is 11.6 Å². The molecule has 3 aromatic carbocycles. The molecule has 1 heterocycles. The highest BCUT2D eigenvalue weighted by Crippen LogP contribution is 2.40. The Morgan fingerprint density at radius 3 is 2.33 bits per heavy atom. The maximum absolute atomic E-state index is 6.24. The first-order valence-corrected chi connectivity index (χ1v) is 7.98. The maximum Gasteiger partial charge on any atom is 0.252 e. The zero-order valence-corrected chi connectivity index (χ0v) is 12.2. The van der Waals surface area contributed by atoms with Crippen molar-refractivity contribution in [2.24, 2.45) is 0 Å². The molecule has 0 bridgehead atoms. The van der Waals surface area contributed by atoms with E-state index in [1.165, 1.54) is 5.39 Å². The van der Waals surface area contributed by atoms with Gasteiger partial charge in [0.2, 0.25) is 0 Å². The summed E-state index contributed by atoms with van der Waals surface area (Å²) >= 11 is 0. The lowest BCUT2D eigenvalue weighted by atomic mass is 10.1. The van der Waals surface area contributed by atoms with Crippen molar-refractivity contribution in [3.05, 3.63) is 79.1 Å². The van der Waals surface area contributed by atoms with Gasteiger partial charge in [-0.2, -0.15) is 0 Å². The summed E-state index contributed by atoms with van der Waals surface area (Å²) in [5.74, 6) is 0. The Hall–Kier alpha value is -2.44. The van der Waals surface area contributed by atoms with Crippen LogP contribution in [0.4, 0.5) is 0 Å². The third kappa shape index (κ3) is 2.24. The van der Waals surface area contributed by atoms with Gasteiger partial charge in [-0.25, -0.2) is 0 Å². The second-order valence-corrected chi connectivity index (χ2v) is 6.22. The van der Waals surface area contributed by atoms with Gasteiger partial charge in [0.25, 0.3) is 8.01 Å². The monoisotopic (exact) mass is 292 g/mol. The van der Waals surface area contributed by atoms with E-state index in [1.807, 2.05) is 48.5 Å². The maximum atomic E-state index is 6.24. The van der Waals surface area contributed by atoms with Crippen molar-refractivity contribution in [1.29, 1.82) is 0 Å². The Balaban J connectivity index is 2.10. The average molecular weight is 292 g/mol. The summed E-state index contributed by atoms with van der Waals surface area (Å²) in [6.45, 7) is 0. The van der Waals surface area contributed by atoms with Gasteiger partial charge in [-0.05, 0) is 23.6 Å². The molecule has 4 rings (SSSR count). The molecule has 0 aliphatic heterocycles. The van der Waals surface area contributed by atoms with Crippen LogP contribution in [0.1, 0.15) is 0 Å². The Labute approximate surface area is 123 Å². The molecule has 0 saturated carbocycles. The van der Waals surface area contributed by atoms with Crippen LogP contribution in [-0.4, -0.2) is 0 Å². The lowest BCUT2D eigenvalue weighted by Crippen LogP contribution is -1.73. The predicted octanol–water partition coefficient (Wildman–Crippen LogP) is 6.28. The van der Waals surface area contributed by atoms with Crippen LogP contribution in [0.25, 0.3) is 27.0 Å². The summed E-state index contributed by atoms with van der Waals surface area (Å²) in [6.07, 6.45) is 1.74. The summed E-state index contributed by atoms with van der Waals surface area (Å²) in [4.78, 5) is 0. The summed E-state index contributed by atoms with van der Waals surface area (Å²) in [6, 6.07) is 24.5. The highest BCUT2D eigenvalue weighted by molar-refractivity contribution is 7.45. The zero-order valence-electron chi connectivity index (χ0n) is 11.3. The molecule has 1 unspecified atom stereocenters. The number of rotatable bonds is 1. The predicted molar refractivity (Wildman–Crippen MR) is 87.7 cm³/mol. The van der Waals surface area contributed by atoms with Crippen LogP contribution in [0.5, 0.6) is 0 Å². The third-order valence-electron chi connectivity index (χ3n) is 3.46. The molecule has 0 N–H and O–H groups in total. The zero-order chi connectivity index (χ0) is 14.1. The second-order valence-electron chi connectivity index (χ2n) is 4.80. The molecule has 2 nitrogen and oxygen atoms in total. The molecule has 4 aromatic rings. The number of benzene rings is 3. The molecular formula is C18H13O2P. The Kier molecular flexibility index (Phi) is 3.02. The summed E-state index contributed by atoms with van der Waals surface area (Å²) < 4.78 is 12.0. The van der Waals surface area contributed by atoms with Crippen LogP contribution in [-0.2, 0) is 0 Å². The van der Waals surface area contributed by atoms with Crippen molar-refractivity contribution >= 4 is 29.8 Å². The van der Waals surface area contributed by atoms with Crippen molar-refractivity contribution in [2.75, 3.05) is 0 Å². The van der Waals surface area contributed by atoms with Gasteiger partial charge < -0.3 is 8.39 Å². The van der Waals surface area contributed by atoms with Crippen LogP contribution in [0.15, 0.2) is 87.5 Å². The molecule has 21 heavy (non-hydrogen) atoms. The molecule has 1 aromatic heterocycles. The molecule has 0 amide bonds. The summed E-state index contributed by atoms with van der Waals surface area (Å²) in [5, 5.41) is 4.41. The standard InChI is InChI=1S/C18H13O2P/c1-2-7-16(8-3-1)21-19-13-12-15-11-10-14-6-4-5-9-17(14)18(15)20-21/h1-13H. The molecule has 1 atom stereocenters. The molecule has 0 radical (unpaired) electrons. The lowest BCUT2D eigenvalue weighted by molar-refractivity contribution is 0.620. The van der Waals surface area contributed by atoms with Crippen LogP contribution >= 0.6 is 8.01 Å². The highest BCUT2D eigenvalue weighted by atomic mass is 31.1. The molecule has 102 valence electrons. The van der Waals surface area contributed by atoms with Crippen molar-refractivity contribution in [3.63, 3.8) is 0 Å². The third-order valence-corrected chi connectivity index (χ3v) is 4.84. The lowest BCUT2D eigenvalue weighted by Gasteiger charge is -2.01. The van der Waals surface area contributed by atoms with Gasteiger partial charge in [-0.3, -0.25) is 0 Å². The molecule has 0 aliphatic carbocycles. The van der Waals surface area contributed by atoms with Crippen LogP contribution in [0, 0.1) is 0 Å². The van der Waals surface area contributed by atoms with Gasteiger partial charge in [-0.15, -0.1) is 0 Å². The second kappa shape index (κ2) is 5.16. The minimum absolute atomic E-state index is 0.900. The Morgan fingerprint density at radius 2 is 1.43 bits per heavy atom. The highest BCUT2D eigenvalue weighted by Gasteiger charge is 2.05.